The molecule has 1 fully saturated rings. The molecule has 31 heavy (non-hydrogen) atoms. The molecule has 0 N–H and O–H groups in total. The van der Waals surface area contributed by atoms with Gasteiger partial charge in [0.15, 0.2) is 5.82 Å². The predicted molar refractivity (Wildman–Crippen MR) is 118 cm³/mol. The first-order valence-electron chi connectivity index (χ1n) is 10.3. The van der Waals surface area contributed by atoms with Gasteiger partial charge in [0.2, 0.25) is 5.88 Å². The van der Waals surface area contributed by atoms with Gasteiger partial charge in [0.05, 0.1) is 19.4 Å². The van der Waals surface area contributed by atoms with Gasteiger partial charge in [0.25, 0.3) is 5.91 Å². The van der Waals surface area contributed by atoms with Crippen molar-refractivity contribution >= 4 is 11.7 Å². The minimum Gasteiger partial charge on any atom is -0.494 e. The Hall–Kier alpha value is -3.68. The number of benzene rings is 1. The van der Waals surface area contributed by atoms with E-state index in [1.54, 1.807) is 18.3 Å². The number of aromatic nitrogens is 3. The summed E-state index contributed by atoms with van der Waals surface area (Å²) in [6.07, 6.45) is 1.61. The highest BCUT2D eigenvalue weighted by molar-refractivity contribution is 5.96. The topological polar surface area (TPSA) is 80.7 Å². The van der Waals surface area contributed by atoms with Gasteiger partial charge in [-0.15, -0.1) is 10.2 Å². The largest absolute Gasteiger partial charge is 0.494 e. The first-order valence-corrected chi connectivity index (χ1v) is 10.3. The molecule has 0 saturated carbocycles. The lowest BCUT2D eigenvalue weighted by molar-refractivity contribution is 0.0742. The first-order chi connectivity index (χ1) is 15.2. The van der Waals surface area contributed by atoms with Crippen molar-refractivity contribution < 1.29 is 14.3 Å². The lowest BCUT2D eigenvalue weighted by Crippen LogP contribution is -2.49. The van der Waals surface area contributed by atoms with Gasteiger partial charge >= 0.3 is 0 Å². The number of anilines is 1. The zero-order chi connectivity index (χ0) is 21.6. The summed E-state index contributed by atoms with van der Waals surface area (Å²) in [5.41, 5.74) is 2.28. The van der Waals surface area contributed by atoms with E-state index in [1.807, 2.05) is 48.2 Å². The fraction of sp³-hybridized carbons (Fsp3) is 0.304. The monoisotopic (exact) mass is 419 g/mol. The summed E-state index contributed by atoms with van der Waals surface area (Å²) >= 11 is 0. The quantitative estimate of drug-likeness (QED) is 0.608. The molecular weight excluding hydrogens is 394 g/mol. The van der Waals surface area contributed by atoms with Crippen molar-refractivity contribution in [2.45, 2.75) is 6.92 Å². The van der Waals surface area contributed by atoms with Crippen molar-refractivity contribution in [1.82, 2.24) is 20.1 Å². The highest BCUT2D eigenvalue weighted by atomic mass is 16.5. The van der Waals surface area contributed by atoms with Gasteiger partial charge in [-0.2, -0.15) is 0 Å². The van der Waals surface area contributed by atoms with Crippen LogP contribution in [0.5, 0.6) is 11.6 Å². The summed E-state index contributed by atoms with van der Waals surface area (Å²) in [6, 6.07) is 15.2. The molecular formula is C23H25N5O3. The Bertz CT molecular complexity index is 1020. The van der Waals surface area contributed by atoms with Crippen molar-refractivity contribution in [2.24, 2.45) is 0 Å². The Labute approximate surface area is 181 Å². The Morgan fingerprint density at radius 2 is 1.77 bits per heavy atom. The molecule has 160 valence electrons. The zero-order valence-electron chi connectivity index (χ0n) is 17.7. The minimum atomic E-state index is -0.0680. The lowest BCUT2D eigenvalue weighted by Gasteiger charge is -2.35. The first kappa shape index (κ1) is 20.6. The van der Waals surface area contributed by atoms with E-state index in [4.69, 9.17) is 9.47 Å². The maximum Gasteiger partial charge on any atom is 0.259 e. The summed E-state index contributed by atoms with van der Waals surface area (Å²) in [7, 11) is 1.52. The van der Waals surface area contributed by atoms with Crippen LogP contribution in [0.25, 0.3) is 11.3 Å². The molecule has 1 aromatic carbocycles. The van der Waals surface area contributed by atoms with E-state index in [1.165, 1.54) is 7.11 Å². The molecule has 1 aliphatic heterocycles. The molecule has 0 unspecified atom stereocenters. The molecule has 1 amide bonds. The van der Waals surface area contributed by atoms with Crippen LogP contribution >= 0.6 is 0 Å². The summed E-state index contributed by atoms with van der Waals surface area (Å²) < 4.78 is 10.7. The number of hydrogen-bond donors (Lipinski definition) is 0. The van der Waals surface area contributed by atoms with Crippen LogP contribution in [-0.2, 0) is 0 Å². The number of rotatable bonds is 6. The van der Waals surface area contributed by atoms with E-state index in [0.717, 1.165) is 22.8 Å². The zero-order valence-corrected chi connectivity index (χ0v) is 17.7. The number of methoxy groups -OCH3 is 1. The van der Waals surface area contributed by atoms with Gasteiger partial charge in [-0.3, -0.25) is 4.79 Å². The molecule has 3 aromatic rings. The van der Waals surface area contributed by atoms with Gasteiger partial charge < -0.3 is 19.3 Å². The molecule has 3 heterocycles. The van der Waals surface area contributed by atoms with Crippen LogP contribution in [0, 0.1) is 0 Å². The second-order valence-electron chi connectivity index (χ2n) is 7.07. The number of pyridine rings is 1. The smallest absolute Gasteiger partial charge is 0.259 e. The van der Waals surface area contributed by atoms with Gasteiger partial charge in [0, 0.05) is 37.9 Å². The minimum absolute atomic E-state index is 0.0680. The van der Waals surface area contributed by atoms with Crippen molar-refractivity contribution in [2.75, 3.05) is 44.8 Å². The summed E-state index contributed by atoms with van der Waals surface area (Å²) in [4.78, 5) is 20.9. The van der Waals surface area contributed by atoms with Crippen LogP contribution in [0.2, 0.25) is 0 Å². The van der Waals surface area contributed by atoms with Crippen LogP contribution in [0.15, 0.2) is 54.7 Å². The number of carbonyl (C=O) groups excluding carboxylic acids is 1. The van der Waals surface area contributed by atoms with Gasteiger partial charge in [0.1, 0.15) is 11.3 Å². The molecule has 1 aliphatic rings. The Morgan fingerprint density at radius 1 is 1.00 bits per heavy atom. The number of amides is 1. The van der Waals surface area contributed by atoms with Crippen molar-refractivity contribution in [3.63, 3.8) is 0 Å². The van der Waals surface area contributed by atoms with E-state index in [2.05, 4.69) is 20.1 Å². The second kappa shape index (κ2) is 9.42. The maximum atomic E-state index is 12.8. The van der Waals surface area contributed by atoms with Crippen LogP contribution in [0.3, 0.4) is 0 Å². The predicted octanol–water partition coefficient (Wildman–Crippen LogP) is 2.91. The Morgan fingerprint density at radius 3 is 2.42 bits per heavy atom. The number of nitrogens with zero attached hydrogens (tertiary/aromatic N) is 5. The number of ether oxygens (including phenoxy) is 2. The third-order valence-electron chi connectivity index (χ3n) is 5.20. The Balaban J connectivity index is 1.38. The van der Waals surface area contributed by atoms with Crippen LogP contribution in [-0.4, -0.2) is 65.9 Å². The average Bonchev–Trinajstić information content (AvgIpc) is 2.84. The normalized spacial score (nSPS) is 13.7. The van der Waals surface area contributed by atoms with E-state index in [0.29, 0.717) is 44.2 Å². The highest BCUT2D eigenvalue weighted by Crippen LogP contribution is 2.23. The molecule has 4 rings (SSSR count). The Kier molecular flexibility index (Phi) is 6.26. The molecule has 1 saturated heterocycles. The van der Waals surface area contributed by atoms with Crippen LogP contribution in [0.1, 0.15) is 17.3 Å². The highest BCUT2D eigenvalue weighted by Gasteiger charge is 2.25. The third-order valence-corrected chi connectivity index (χ3v) is 5.20. The molecule has 0 radical (unpaired) electrons. The van der Waals surface area contributed by atoms with Crippen molar-refractivity contribution in [3.8, 4) is 22.9 Å². The summed E-state index contributed by atoms with van der Waals surface area (Å²) in [5, 5.41) is 8.79. The lowest BCUT2D eigenvalue weighted by atomic mass is 10.1. The number of hydrogen-bond acceptors (Lipinski definition) is 7. The summed E-state index contributed by atoms with van der Waals surface area (Å²) in [6.45, 7) is 5.17. The number of piperazine rings is 1. The third kappa shape index (κ3) is 4.58. The van der Waals surface area contributed by atoms with Crippen molar-refractivity contribution in [1.29, 1.82) is 0 Å². The van der Waals surface area contributed by atoms with E-state index >= 15 is 0 Å². The molecule has 8 nitrogen and oxygen atoms in total. The second-order valence-corrected chi connectivity index (χ2v) is 7.07. The number of carbonyl (C=O) groups is 1. The van der Waals surface area contributed by atoms with E-state index in [9.17, 15) is 4.79 Å². The molecule has 0 bridgehead atoms. The SMILES string of the molecule is CCOc1ccc(-c2ccc(N3CCN(C(=O)c4cccnc4OC)CC3)nn2)cc1. The fourth-order valence-corrected chi connectivity index (χ4v) is 3.56. The summed E-state index contributed by atoms with van der Waals surface area (Å²) in [5.74, 6) is 1.93. The molecule has 0 aliphatic carbocycles. The van der Waals surface area contributed by atoms with E-state index in [-0.39, 0.29) is 5.91 Å². The standard InChI is InChI=1S/C23H25N5O3/c1-3-31-18-8-6-17(7-9-18)20-10-11-21(26-25-20)27-13-15-28(16-14-27)23(29)19-5-4-12-24-22(19)30-2/h4-12H,3,13-16H2,1-2H3. The molecule has 8 heteroatoms. The van der Waals surface area contributed by atoms with Gasteiger partial charge in [-0.25, -0.2) is 4.98 Å². The maximum absolute atomic E-state index is 12.8. The van der Waals surface area contributed by atoms with E-state index < -0.39 is 0 Å². The average molecular weight is 419 g/mol. The van der Waals surface area contributed by atoms with Gasteiger partial charge in [-0.05, 0) is 55.5 Å². The molecule has 2 aromatic heterocycles. The molecule has 0 spiro atoms. The van der Waals surface area contributed by atoms with Crippen LogP contribution < -0.4 is 14.4 Å². The molecule has 0 atom stereocenters. The fourth-order valence-electron chi connectivity index (χ4n) is 3.56. The van der Waals surface area contributed by atoms with Gasteiger partial charge in [-0.1, -0.05) is 0 Å². The van der Waals surface area contributed by atoms with Crippen molar-refractivity contribution in [3.05, 3.63) is 60.3 Å². The van der Waals surface area contributed by atoms with Crippen LogP contribution in [0.4, 0.5) is 5.82 Å².